The molecule has 0 spiro atoms. The van der Waals surface area contributed by atoms with E-state index < -0.39 is 0 Å². The zero-order valence-corrected chi connectivity index (χ0v) is 17.2. The van der Waals surface area contributed by atoms with Crippen molar-refractivity contribution in [3.63, 3.8) is 0 Å². The van der Waals surface area contributed by atoms with Crippen molar-refractivity contribution in [1.29, 1.82) is 0 Å². The number of fused-ring (bicyclic) bond motifs is 1. The first kappa shape index (κ1) is 20.2. The van der Waals surface area contributed by atoms with Gasteiger partial charge in [-0.3, -0.25) is 9.59 Å². The monoisotopic (exact) mass is 394 g/mol. The Bertz CT molecular complexity index is 998. The Morgan fingerprint density at radius 2 is 1.82 bits per heavy atom. The number of carbonyl (C=O) groups excluding carboxylic acids is 1. The van der Waals surface area contributed by atoms with Crippen LogP contribution in [0.1, 0.15) is 25.8 Å². The summed E-state index contributed by atoms with van der Waals surface area (Å²) in [7, 11) is 0. The number of carbonyl (C=O) groups is 1. The topological polar surface area (TPSA) is 51.1 Å². The summed E-state index contributed by atoms with van der Waals surface area (Å²) in [6, 6.07) is 19.9. The summed E-state index contributed by atoms with van der Waals surface area (Å²) in [5, 5.41) is 4.08. The lowest BCUT2D eigenvalue weighted by molar-refractivity contribution is -0.119. The Kier molecular flexibility index (Phi) is 6.93. The van der Waals surface area contributed by atoms with E-state index in [-0.39, 0.29) is 17.5 Å². The molecule has 1 atom stereocenters. The van der Waals surface area contributed by atoms with Crippen molar-refractivity contribution in [2.24, 2.45) is 0 Å². The first-order valence-electron chi connectivity index (χ1n) is 9.67. The molecule has 3 rings (SSSR count). The molecule has 0 unspecified atom stereocenters. The maximum absolute atomic E-state index is 12.4. The van der Waals surface area contributed by atoms with E-state index in [4.69, 9.17) is 0 Å². The fraction of sp³-hybridized carbons (Fsp3) is 0.304. The van der Waals surface area contributed by atoms with Crippen LogP contribution in [0, 0.1) is 0 Å². The minimum absolute atomic E-state index is 0.00527. The second kappa shape index (κ2) is 9.60. The van der Waals surface area contributed by atoms with Crippen LogP contribution in [0.2, 0.25) is 0 Å². The van der Waals surface area contributed by atoms with Crippen LogP contribution in [0.5, 0.6) is 0 Å². The number of nitrogens with one attached hydrogen (secondary N) is 1. The Morgan fingerprint density at radius 1 is 1.11 bits per heavy atom. The Labute approximate surface area is 170 Å². The first-order valence-corrected chi connectivity index (χ1v) is 10.7. The van der Waals surface area contributed by atoms with Gasteiger partial charge in [-0.05, 0) is 38.3 Å². The lowest BCUT2D eigenvalue weighted by Crippen LogP contribution is -2.34. The minimum atomic E-state index is -0.0275. The predicted octanol–water partition coefficient (Wildman–Crippen LogP) is 4.25. The number of amides is 1. The molecule has 3 aromatic rings. The molecule has 146 valence electrons. The number of rotatable bonds is 8. The van der Waals surface area contributed by atoms with Gasteiger partial charge in [0.15, 0.2) is 0 Å². The van der Waals surface area contributed by atoms with Crippen LogP contribution in [0.25, 0.3) is 10.9 Å². The van der Waals surface area contributed by atoms with E-state index in [1.807, 2.05) is 56.3 Å². The first-order chi connectivity index (χ1) is 13.6. The second-order valence-corrected chi connectivity index (χ2v) is 7.91. The largest absolute Gasteiger partial charge is 0.353 e. The number of pyridine rings is 1. The summed E-state index contributed by atoms with van der Waals surface area (Å²) in [5.41, 5.74) is 2.16. The highest BCUT2D eigenvalue weighted by Crippen LogP contribution is 2.26. The lowest BCUT2D eigenvalue weighted by Gasteiger charge is -2.15. The molecule has 0 bridgehead atoms. The third-order valence-electron chi connectivity index (χ3n) is 4.77. The number of aromatic nitrogens is 1. The predicted molar refractivity (Wildman–Crippen MR) is 117 cm³/mol. The van der Waals surface area contributed by atoms with Crippen LogP contribution in [-0.4, -0.2) is 22.3 Å². The maximum Gasteiger partial charge on any atom is 0.252 e. The van der Waals surface area contributed by atoms with Crippen LogP contribution < -0.4 is 10.9 Å². The number of aryl methyl sites for hydroxylation is 2. The van der Waals surface area contributed by atoms with E-state index >= 15 is 0 Å². The third kappa shape index (κ3) is 5.04. The SMILES string of the molecule is CCn1c(=O)cc(SCC(=O)N[C@H](C)CCc2ccccc2)c2ccccc21. The van der Waals surface area contributed by atoms with Gasteiger partial charge in [-0.2, -0.15) is 0 Å². The van der Waals surface area contributed by atoms with E-state index in [2.05, 4.69) is 17.4 Å². The highest BCUT2D eigenvalue weighted by atomic mass is 32.2. The van der Waals surface area contributed by atoms with E-state index in [1.165, 1.54) is 17.3 Å². The van der Waals surface area contributed by atoms with Crippen LogP contribution >= 0.6 is 11.8 Å². The Balaban J connectivity index is 1.59. The average molecular weight is 395 g/mol. The van der Waals surface area contributed by atoms with Crippen molar-refractivity contribution >= 4 is 28.6 Å². The summed E-state index contributed by atoms with van der Waals surface area (Å²) in [4.78, 5) is 25.6. The third-order valence-corrected chi connectivity index (χ3v) is 5.83. The summed E-state index contributed by atoms with van der Waals surface area (Å²) in [6.45, 7) is 4.62. The molecule has 1 amide bonds. The Morgan fingerprint density at radius 3 is 2.57 bits per heavy atom. The number of para-hydroxylation sites is 1. The molecule has 2 aromatic carbocycles. The van der Waals surface area contributed by atoms with E-state index in [0.717, 1.165) is 28.6 Å². The van der Waals surface area contributed by atoms with Crippen molar-refractivity contribution in [2.45, 2.75) is 44.2 Å². The van der Waals surface area contributed by atoms with Gasteiger partial charge in [0.1, 0.15) is 0 Å². The average Bonchev–Trinajstić information content (AvgIpc) is 2.71. The molecule has 4 nitrogen and oxygen atoms in total. The van der Waals surface area contributed by atoms with Gasteiger partial charge in [0.25, 0.3) is 5.56 Å². The van der Waals surface area contributed by atoms with Crippen LogP contribution in [-0.2, 0) is 17.8 Å². The minimum Gasteiger partial charge on any atom is -0.353 e. The summed E-state index contributed by atoms with van der Waals surface area (Å²) in [6.07, 6.45) is 1.84. The van der Waals surface area contributed by atoms with Gasteiger partial charge in [0, 0.05) is 28.9 Å². The van der Waals surface area contributed by atoms with Crippen molar-refractivity contribution < 1.29 is 4.79 Å². The van der Waals surface area contributed by atoms with Crippen LogP contribution in [0.4, 0.5) is 0 Å². The number of hydrogen-bond acceptors (Lipinski definition) is 3. The maximum atomic E-state index is 12.4. The number of thioether (sulfide) groups is 1. The van der Waals surface area contributed by atoms with Crippen molar-refractivity contribution in [3.05, 3.63) is 76.6 Å². The van der Waals surface area contributed by atoms with Gasteiger partial charge < -0.3 is 9.88 Å². The zero-order valence-electron chi connectivity index (χ0n) is 16.4. The van der Waals surface area contributed by atoms with Gasteiger partial charge in [-0.1, -0.05) is 48.5 Å². The molecule has 0 radical (unpaired) electrons. The second-order valence-electron chi connectivity index (χ2n) is 6.89. The molecule has 0 fully saturated rings. The van der Waals surface area contributed by atoms with E-state index in [1.54, 1.807) is 10.6 Å². The van der Waals surface area contributed by atoms with Gasteiger partial charge in [0.05, 0.1) is 11.3 Å². The molecule has 5 heteroatoms. The van der Waals surface area contributed by atoms with Crippen molar-refractivity contribution in [3.8, 4) is 0 Å². The van der Waals surface area contributed by atoms with E-state index in [0.29, 0.717) is 12.3 Å². The molecular weight excluding hydrogens is 368 g/mol. The van der Waals surface area contributed by atoms with Crippen LogP contribution in [0.3, 0.4) is 0 Å². The van der Waals surface area contributed by atoms with Crippen LogP contribution in [0.15, 0.2) is 70.4 Å². The summed E-state index contributed by atoms with van der Waals surface area (Å²) >= 11 is 1.42. The highest BCUT2D eigenvalue weighted by Gasteiger charge is 2.12. The van der Waals surface area contributed by atoms with Gasteiger partial charge >= 0.3 is 0 Å². The van der Waals surface area contributed by atoms with E-state index in [9.17, 15) is 9.59 Å². The number of hydrogen-bond donors (Lipinski definition) is 1. The quantitative estimate of drug-likeness (QED) is 0.581. The molecule has 1 N–H and O–H groups in total. The normalized spacial score (nSPS) is 12.1. The standard InChI is InChI=1S/C23H26N2O2S/c1-3-25-20-12-8-7-11-19(20)21(15-23(25)27)28-16-22(26)24-17(2)13-14-18-9-5-4-6-10-18/h4-12,15,17H,3,13-14,16H2,1-2H3,(H,24,26)/t17-/m1/s1. The Hall–Kier alpha value is -2.53. The molecular formula is C23H26N2O2S. The van der Waals surface area contributed by atoms with Crippen molar-refractivity contribution in [1.82, 2.24) is 9.88 Å². The van der Waals surface area contributed by atoms with Gasteiger partial charge in [-0.15, -0.1) is 11.8 Å². The lowest BCUT2D eigenvalue weighted by atomic mass is 10.1. The molecule has 1 aromatic heterocycles. The smallest absolute Gasteiger partial charge is 0.252 e. The summed E-state index contributed by atoms with van der Waals surface area (Å²) < 4.78 is 1.76. The molecule has 0 aliphatic heterocycles. The highest BCUT2D eigenvalue weighted by molar-refractivity contribution is 8.00. The summed E-state index contributed by atoms with van der Waals surface area (Å²) in [5.74, 6) is 0.296. The molecule has 0 saturated carbocycles. The fourth-order valence-corrected chi connectivity index (χ4v) is 4.19. The van der Waals surface area contributed by atoms with Crippen molar-refractivity contribution in [2.75, 3.05) is 5.75 Å². The molecule has 0 aliphatic rings. The van der Waals surface area contributed by atoms with Gasteiger partial charge in [-0.25, -0.2) is 0 Å². The van der Waals surface area contributed by atoms with Gasteiger partial charge in [0.2, 0.25) is 5.91 Å². The fourth-order valence-electron chi connectivity index (χ4n) is 3.31. The molecule has 28 heavy (non-hydrogen) atoms. The number of nitrogens with zero attached hydrogens (tertiary/aromatic N) is 1. The number of benzene rings is 2. The molecule has 0 aliphatic carbocycles. The zero-order chi connectivity index (χ0) is 19.9. The molecule has 0 saturated heterocycles. The molecule has 1 heterocycles.